The molecule has 0 aromatic carbocycles. The van der Waals surface area contributed by atoms with Crippen LogP contribution < -0.4 is 4.90 Å². The van der Waals surface area contributed by atoms with Crippen molar-refractivity contribution in [2.24, 2.45) is 0 Å². The zero-order chi connectivity index (χ0) is 9.97. The largest absolute Gasteiger partial charge is 0.338 e. The highest BCUT2D eigenvalue weighted by molar-refractivity contribution is 5.29. The molecule has 0 radical (unpaired) electrons. The third-order valence-corrected chi connectivity index (χ3v) is 2.79. The number of likely N-dealkylation sites (N-methyl/N-ethyl adjacent to an activating group) is 1. The Kier molecular flexibility index (Phi) is 2.63. The maximum atomic E-state index is 4.26. The van der Waals surface area contributed by atoms with Crippen LogP contribution in [0.25, 0.3) is 0 Å². The smallest absolute Gasteiger partial charge is 0.225 e. The van der Waals surface area contributed by atoms with Crippen LogP contribution in [-0.2, 0) is 0 Å². The molecule has 14 heavy (non-hydrogen) atoms. The lowest BCUT2D eigenvalue weighted by Gasteiger charge is -2.37. The van der Waals surface area contributed by atoms with Crippen molar-refractivity contribution in [1.82, 2.24) is 14.9 Å². The summed E-state index contributed by atoms with van der Waals surface area (Å²) in [6.07, 6.45) is 3.59. The summed E-state index contributed by atoms with van der Waals surface area (Å²) >= 11 is 0. The Balaban J connectivity index is 2.07. The summed E-state index contributed by atoms with van der Waals surface area (Å²) in [6, 6.07) is 2.43. The van der Waals surface area contributed by atoms with E-state index in [-0.39, 0.29) is 0 Å². The van der Waals surface area contributed by atoms with Gasteiger partial charge in [-0.25, -0.2) is 9.97 Å². The quantitative estimate of drug-likeness (QED) is 0.653. The molecule has 0 amide bonds. The van der Waals surface area contributed by atoms with E-state index in [0.717, 1.165) is 25.6 Å². The van der Waals surface area contributed by atoms with E-state index in [9.17, 15) is 0 Å². The molecule has 0 aliphatic carbocycles. The molecule has 2 heterocycles. The number of rotatable bonds is 1. The second kappa shape index (κ2) is 3.92. The number of anilines is 1. The predicted octanol–water partition coefficient (Wildman–Crippen LogP) is 0.617. The summed E-state index contributed by atoms with van der Waals surface area (Å²) in [5.41, 5.74) is 0. The molecule has 4 heteroatoms. The van der Waals surface area contributed by atoms with Crippen molar-refractivity contribution in [3.05, 3.63) is 18.5 Å². The molecule has 0 bridgehead atoms. The summed E-state index contributed by atoms with van der Waals surface area (Å²) in [6.45, 7) is 5.35. The van der Waals surface area contributed by atoms with Crippen LogP contribution in [0.3, 0.4) is 0 Å². The minimum atomic E-state index is 0.576. The second-order valence-corrected chi connectivity index (χ2v) is 3.82. The first-order chi connectivity index (χ1) is 6.77. The maximum absolute atomic E-state index is 4.26. The van der Waals surface area contributed by atoms with E-state index in [0.29, 0.717) is 6.04 Å². The monoisotopic (exact) mass is 192 g/mol. The summed E-state index contributed by atoms with van der Waals surface area (Å²) in [4.78, 5) is 13.1. The first-order valence-electron chi connectivity index (χ1n) is 4.99. The van der Waals surface area contributed by atoms with Crippen LogP contribution in [-0.4, -0.2) is 47.6 Å². The maximum Gasteiger partial charge on any atom is 0.225 e. The van der Waals surface area contributed by atoms with Crippen molar-refractivity contribution in [3.8, 4) is 0 Å². The number of piperazine rings is 1. The van der Waals surface area contributed by atoms with E-state index in [1.165, 1.54) is 0 Å². The Morgan fingerprint density at radius 1 is 1.29 bits per heavy atom. The average Bonchev–Trinajstić information content (AvgIpc) is 2.23. The van der Waals surface area contributed by atoms with Crippen LogP contribution in [0.5, 0.6) is 0 Å². The fourth-order valence-corrected chi connectivity index (χ4v) is 1.68. The zero-order valence-electron chi connectivity index (χ0n) is 8.72. The number of nitrogens with zero attached hydrogens (tertiary/aromatic N) is 4. The first-order valence-corrected chi connectivity index (χ1v) is 4.99. The molecule has 4 nitrogen and oxygen atoms in total. The molecule has 1 aromatic heterocycles. The molecule has 1 aliphatic heterocycles. The summed E-state index contributed by atoms with van der Waals surface area (Å²) < 4.78 is 0. The standard InChI is InChI=1S/C10H16N4/c1-9-8-14(7-6-13(9)2)10-11-4-3-5-12-10/h3-5,9H,6-8H2,1-2H3/t9-/m0/s1. The lowest BCUT2D eigenvalue weighted by Crippen LogP contribution is -2.50. The van der Waals surface area contributed by atoms with E-state index in [2.05, 4.69) is 33.7 Å². The molecular formula is C10H16N4. The van der Waals surface area contributed by atoms with Gasteiger partial charge < -0.3 is 9.80 Å². The second-order valence-electron chi connectivity index (χ2n) is 3.82. The molecule has 1 fully saturated rings. The van der Waals surface area contributed by atoms with Gasteiger partial charge in [-0.3, -0.25) is 0 Å². The van der Waals surface area contributed by atoms with Crippen LogP contribution in [0.2, 0.25) is 0 Å². The fraction of sp³-hybridized carbons (Fsp3) is 0.600. The Morgan fingerprint density at radius 3 is 2.64 bits per heavy atom. The molecule has 0 saturated carbocycles. The van der Waals surface area contributed by atoms with Gasteiger partial charge in [-0.05, 0) is 20.0 Å². The van der Waals surface area contributed by atoms with Crippen LogP contribution in [0.4, 0.5) is 5.95 Å². The molecule has 1 aliphatic rings. The van der Waals surface area contributed by atoms with Crippen LogP contribution >= 0.6 is 0 Å². The van der Waals surface area contributed by atoms with E-state index >= 15 is 0 Å². The molecule has 2 rings (SSSR count). The van der Waals surface area contributed by atoms with Gasteiger partial charge >= 0.3 is 0 Å². The molecule has 0 unspecified atom stereocenters. The number of aromatic nitrogens is 2. The molecule has 0 N–H and O–H groups in total. The van der Waals surface area contributed by atoms with Gasteiger partial charge in [-0.1, -0.05) is 0 Å². The lowest BCUT2D eigenvalue weighted by atomic mass is 10.2. The van der Waals surface area contributed by atoms with Crippen LogP contribution in [0.1, 0.15) is 6.92 Å². The van der Waals surface area contributed by atoms with Crippen molar-refractivity contribution < 1.29 is 0 Å². The Labute approximate surface area is 84.6 Å². The van der Waals surface area contributed by atoms with Crippen LogP contribution in [0.15, 0.2) is 18.5 Å². The van der Waals surface area contributed by atoms with Gasteiger partial charge in [0, 0.05) is 38.1 Å². The highest BCUT2D eigenvalue weighted by Crippen LogP contribution is 2.12. The lowest BCUT2D eigenvalue weighted by molar-refractivity contribution is 0.233. The molecule has 1 atom stereocenters. The van der Waals surface area contributed by atoms with Gasteiger partial charge in [0.25, 0.3) is 0 Å². The highest BCUT2D eigenvalue weighted by atomic mass is 15.3. The van der Waals surface area contributed by atoms with Crippen LogP contribution in [0, 0.1) is 0 Å². The summed E-state index contributed by atoms with van der Waals surface area (Å²) in [5, 5.41) is 0. The highest BCUT2D eigenvalue weighted by Gasteiger charge is 2.21. The van der Waals surface area contributed by atoms with Crippen molar-refractivity contribution in [3.63, 3.8) is 0 Å². The molecular weight excluding hydrogens is 176 g/mol. The first kappa shape index (κ1) is 9.40. The summed E-state index contributed by atoms with van der Waals surface area (Å²) in [7, 11) is 2.16. The van der Waals surface area contributed by atoms with Crippen molar-refractivity contribution in [1.29, 1.82) is 0 Å². The molecule has 76 valence electrons. The van der Waals surface area contributed by atoms with Crippen molar-refractivity contribution in [2.75, 3.05) is 31.6 Å². The van der Waals surface area contributed by atoms with E-state index in [1.54, 1.807) is 12.4 Å². The molecule has 1 saturated heterocycles. The Hall–Kier alpha value is -1.16. The topological polar surface area (TPSA) is 32.3 Å². The fourth-order valence-electron chi connectivity index (χ4n) is 1.68. The third-order valence-electron chi connectivity index (χ3n) is 2.79. The van der Waals surface area contributed by atoms with Gasteiger partial charge in [-0.2, -0.15) is 0 Å². The number of hydrogen-bond acceptors (Lipinski definition) is 4. The van der Waals surface area contributed by atoms with E-state index in [4.69, 9.17) is 0 Å². The van der Waals surface area contributed by atoms with Crippen molar-refractivity contribution >= 4 is 5.95 Å². The van der Waals surface area contributed by atoms with Crippen molar-refractivity contribution in [2.45, 2.75) is 13.0 Å². The minimum Gasteiger partial charge on any atom is -0.338 e. The van der Waals surface area contributed by atoms with Gasteiger partial charge in [0.2, 0.25) is 5.95 Å². The van der Waals surface area contributed by atoms with E-state index in [1.807, 2.05) is 6.07 Å². The normalized spacial score (nSPS) is 23.9. The Morgan fingerprint density at radius 2 is 2.00 bits per heavy atom. The van der Waals surface area contributed by atoms with E-state index < -0.39 is 0 Å². The predicted molar refractivity (Wildman–Crippen MR) is 56.3 cm³/mol. The molecule has 0 spiro atoms. The van der Waals surface area contributed by atoms with Gasteiger partial charge in [0.1, 0.15) is 0 Å². The van der Waals surface area contributed by atoms with Gasteiger partial charge in [0.05, 0.1) is 0 Å². The van der Waals surface area contributed by atoms with Gasteiger partial charge in [0.15, 0.2) is 0 Å². The van der Waals surface area contributed by atoms with Gasteiger partial charge in [-0.15, -0.1) is 0 Å². The summed E-state index contributed by atoms with van der Waals surface area (Å²) in [5.74, 6) is 0.854. The third kappa shape index (κ3) is 1.85. The molecule has 1 aromatic rings. The number of hydrogen-bond donors (Lipinski definition) is 0. The average molecular weight is 192 g/mol. The Bertz CT molecular complexity index is 287. The SMILES string of the molecule is C[C@H]1CN(c2ncccn2)CCN1C. The minimum absolute atomic E-state index is 0.576. The zero-order valence-corrected chi connectivity index (χ0v) is 8.72.